The van der Waals surface area contributed by atoms with Crippen LogP contribution in [0.4, 0.5) is 24.4 Å². The number of aromatic nitrogens is 2. The molecule has 2 bridgehead atoms. The SMILES string of the molecule is CC(C)(C)OC(=O)Nc1sc2cccc(-c3c(Cl)c4c5c(nc(OC[C@@]67CCCN6C[C@H](F)C7)nc5c3F)N3C[C@H]5CC[C@H](N5)[C@H]3CO4)c2c1C#N. The quantitative estimate of drug-likeness (QED) is 0.217. The van der Waals surface area contributed by atoms with Crippen LogP contribution in [0, 0.1) is 17.1 Å². The van der Waals surface area contributed by atoms with E-state index in [9.17, 15) is 14.4 Å². The van der Waals surface area contributed by atoms with Crippen LogP contribution in [0.25, 0.3) is 32.1 Å². The number of nitrogens with one attached hydrogen (secondary N) is 2. The van der Waals surface area contributed by atoms with Gasteiger partial charge in [0.1, 0.15) is 47.4 Å². The highest BCUT2D eigenvalue weighted by atomic mass is 35.5. The molecule has 7 heterocycles. The van der Waals surface area contributed by atoms with Gasteiger partial charge >= 0.3 is 12.1 Å². The van der Waals surface area contributed by atoms with Crippen LogP contribution in [0.2, 0.25) is 5.02 Å². The second-order valence-electron chi connectivity index (χ2n) is 15.6. The van der Waals surface area contributed by atoms with Crippen molar-refractivity contribution in [2.75, 3.05) is 43.1 Å². The number of halogens is 3. The maximum Gasteiger partial charge on any atom is 0.412 e. The van der Waals surface area contributed by atoms with E-state index in [0.29, 0.717) is 46.4 Å². The summed E-state index contributed by atoms with van der Waals surface area (Å²) in [7, 11) is 0. The maximum absolute atomic E-state index is 17.5. The van der Waals surface area contributed by atoms with E-state index in [1.54, 1.807) is 39.0 Å². The standard InChI is InChI=1S/C37H38ClF2N7O4S/c1-36(2,3)51-35(48)45-33-21(13-41)25-20(6-4-7-24(25)52-33)26-28(38)31-27-30(29(26)40)43-34(50-17-37-10-5-11-46(37)14-18(39)12-37)44-32(27)47-15-19-8-9-22(42-19)23(47)16-49-31/h4,6-7,18-19,22-23,42H,5,8-12,14-17H2,1-3H3,(H,45,48)/t18-,19-,22+,23-,37+/m1/s1. The highest BCUT2D eigenvalue weighted by Crippen LogP contribution is 2.52. The van der Waals surface area contributed by atoms with Gasteiger partial charge in [-0.05, 0) is 64.6 Å². The van der Waals surface area contributed by atoms with Gasteiger partial charge in [0, 0.05) is 47.2 Å². The first-order chi connectivity index (χ1) is 24.9. The van der Waals surface area contributed by atoms with Crippen molar-refractivity contribution >= 4 is 60.8 Å². The second kappa shape index (κ2) is 12.3. The third-order valence-corrected chi connectivity index (χ3v) is 12.5. The van der Waals surface area contributed by atoms with Crippen LogP contribution in [-0.4, -0.2) is 89.2 Å². The number of carbonyl (C=O) groups is 1. The maximum atomic E-state index is 17.5. The lowest BCUT2D eigenvalue weighted by molar-refractivity contribution is 0.0636. The Bertz CT molecular complexity index is 2190. The average molecular weight is 750 g/mol. The number of fused-ring (bicyclic) bond motifs is 7. The van der Waals surface area contributed by atoms with Gasteiger partial charge in [0.15, 0.2) is 11.6 Å². The van der Waals surface area contributed by atoms with Gasteiger partial charge in [-0.15, -0.1) is 11.3 Å². The average Bonchev–Trinajstić information content (AvgIpc) is 3.81. The highest BCUT2D eigenvalue weighted by Gasteiger charge is 2.50. The van der Waals surface area contributed by atoms with Crippen LogP contribution in [0.1, 0.15) is 58.4 Å². The van der Waals surface area contributed by atoms with Crippen molar-refractivity contribution in [1.29, 1.82) is 5.26 Å². The lowest BCUT2D eigenvalue weighted by atomic mass is 9.95. The van der Waals surface area contributed by atoms with E-state index in [1.807, 2.05) is 0 Å². The Kier molecular flexibility index (Phi) is 7.97. The largest absolute Gasteiger partial charge is 0.489 e. The molecule has 2 N–H and O–H groups in total. The summed E-state index contributed by atoms with van der Waals surface area (Å²) in [5.74, 6) is 0.0375. The molecule has 4 aromatic rings. The molecule has 0 unspecified atom stereocenters. The Balaban J connectivity index is 1.21. The summed E-state index contributed by atoms with van der Waals surface area (Å²) in [6.07, 6.45) is 2.47. The Morgan fingerprint density at radius 1 is 1.27 bits per heavy atom. The first-order valence-electron chi connectivity index (χ1n) is 17.8. The number of carbonyl (C=O) groups excluding carboxylic acids is 1. The van der Waals surface area contributed by atoms with E-state index in [2.05, 4.69) is 26.5 Å². The van der Waals surface area contributed by atoms with Crippen LogP contribution in [0.15, 0.2) is 18.2 Å². The van der Waals surface area contributed by atoms with E-state index in [4.69, 9.17) is 35.8 Å². The fraction of sp³-hybridized carbons (Fsp3) is 0.514. The van der Waals surface area contributed by atoms with E-state index in [-0.39, 0.29) is 69.8 Å². The molecule has 1 amide bonds. The smallest absolute Gasteiger partial charge is 0.412 e. The van der Waals surface area contributed by atoms with Crippen LogP contribution in [0.5, 0.6) is 11.8 Å². The second-order valence-corrected chi connectivity index (χ2v) is 17.0. The number of hydrogen-bond donors (Lipinski definition) is 2. The van der Waals surface area contributed by atoms with Crippen LogP contribution < -0.4 is 25.0 Å². The summed E-state index contributed by atoms with van der Waals surface area (Å²) >= 11 is 8.39. The molecular weight excluding hydrogens is 712 g/mol. The van der Waals surface area contributed by atoms with Crippen molar-refractivity contribution < 1.29 is 27.8 Å². The summed E-state index contributed by atoms with van der Waals surface area (Å²) in [5, 5.41) is 17.9. The van der Waals surface area contributed by atoms with Crippen molar-refractivity contribution in [3.05, 3.63) is 34.6 Å². The van der Waals surface area contributed by atoms with Gasteiger partial charge in [-0.1, -0.05) is 23.7 Å². The van der Waals surface area contributed by atoms with E-state index in [1.165, 1.54) is 11.3 Å². The van der Waals surface area contributed by atoms with Crippen LogP contribution >= 0.6 is 22.9 Å². The fourth-order valence-electron chi connectivity index (χ4n) is 8.98. The number of nitrogens with zero attached hydrogens (tertiary/aromatic N) is 5. The lowest BCUT2D eigenvalue weighted by Crippen LogP contribution is -2.60. The van der Waals surface area contributed by atoms with Gasteiger partial charge in [-0.3, -0.25) is 10.2 Å². The molecule has 0 aliphatic carbocycles. The predicted octanol–water partition coefficient (Wildman–Crippen LogP) is 7.18. The Labute approximate surface area is 308 Å². The molecule has 9 rings (SSSR count). The monoisotopic (exact) mass is 749 g/mol. The van der Waals surface area contributed by atoms with Gasteiger partial charge in [0.25, 0.3) is 0 Å². The number of anilines is 2. The number of benzene rings is 2. The number of hydrogen-bond acceptors (Lipinski definition) is 11. The minimum absolute atomic E-state index is 0.00554. The van der Waals surface area contributed by atoms with E-state index in [0.717, 1.165) is 32.2 Å². The van der Waals surface area contributed by atoms with Gasteiger partial charge in [0.2, 0.25) is 0 Å². The number of thiophene rings is 1. The fourth-order valence-corrected chi connectivity index (χ4v) is 10.4. The van der Waals surface area contributed by atoms with Crippen LogP contribution in [0.3, 0.4) is 0 Å². The van der Waals surface area contributed by atoms with E-state index < -0.39 is 29.2 Å². The molecule has 0 spiro atoms. The van der Waals surface area contributed by atoms with Gasteiger partial charge in [-0.25, -0.2) is 13.6 Å². The van der Waals surface area contributed by atoms with E-state index >= 15 is 4.39 Å². The Morgan fingerprint density at radius 3 is 2.92 bits per heavy atom. The Hall–Kier alpha value is -4.03. The highest BCUT2D eigenvalue weighted by molar-refractivity contribution is 7.23. The number of rotatable bonds is 5. The molecule has 5 aliphatic rings. The number of amides is 1. The molecule has 4 fully saturated rings. The molecule has 11 nitrogen and oxygen atoms in total. The van der Waals surface area contributed by atoms with Crippen molar-refractivity contribution in [2.45, 2.75) is 88.3 Å². The first-order valence-corrected chi connectivity index (χ1v) is 19.0. The molecule has 52 heavy (non-hydrogen) atoms. The normalized spacial score (nSPS) is 26.5. The molecule has 4 saturated heterocycles. The topological polar surface area (TPSA) is 125 Å². The lowest BCUT2D eigenvalue weighted by Gasteiger charge is -2.40. The van der Waals surface area contributed by atoms with Gasteiger partial charge in [0.05, 0.1) is 27.6 Å². The minimum Gasteiger partial charge on any atom is -0.489 e. The molecule has 2 aromatic heterocycles. The number of ether oxygens (including phenoxy) is 3. The molecule has 5 atom stereocenters. The summed E-state index contributed by atoms with van der Waals surface area (Å²) in [5.41, 5.74) is -0.713. The first kappa shape index (κ1) is 33.8. The van der Waals surface area contributed by atoms with Crippen molar-refractivity contribution in [3.8, 4) is 29.0 Å². The van der Waals surface area contributed by atoms with Crippen molar-refractivity contribution in [1.82, 2.24) is 20.2 Å². The van der Waals surface area contributed by atoms with Crippen molar-refractivity contribution in [3.63, 3.8) is 0 Å². The van der Waals surface area contributed by atoms with Gasteiger partial charge in [-0.2, -0.15) is 15.2 Å². The van der Waals surface area contributed by atoms with Crippen molar-refractivity contribution in [2.24, 2.45) is 0 Å². The molecule has 272 valence electrons. The molecule has 0 radical (unpaired) electrons. The Morgan fingerprint density at radius 2 is 2.12 bits per heavy atom. The zero-order valence-corrected chi connectivity index (χ0v) is 30.6. The molecule has 0 saturated carbocycles. The predicted molar refractivity (Wildman–Crippen MR) is 195 cm³/mol. The number of alkyl halides is 1. The third kappa shape index (κ3) is 5.42. The summed E-state index contributed by atoms with van der Waals surface area (Å²) in [6, 6.07) is 7.74. The molecule has 15 heteroatoms. The zero-order chi connectivity index (χ0) is 36.1. The molecule has 5 aliphatic heterocycles. The summed E-state index contributed by atoms with van der Waals surface area (Å²) < 4.78 is 51.1. The zero-order valence-electron chi connectivity index (χ0n) is 29.0. The third-order valence-electron chi connectivity index (χ3n) is 11.1. The summed E-state index contributed by atoms with van der Waals surface area (Å²) in [6.45, 7) is 7.54. The van der Waals surface area contributed by atoms with Gasteiger partial charge < -0.3 is 24.4 Å². The number of nitriles is 1. The minimum atomic E-state index is -0.928. The summed E-state index contributed by atoms with van der Waals surface area (Å²) in [4.78, 5) is 26.7. The van der Waals surface area contributed by atoms with Crippen LogP contribution in [-0.2, 0) is 4.74 Å². The number of piperazine rings is 1. The molecule has 2 aromatic carbocycles. The molecular formula is C37H38ClF2N7O4S.